The standard InChI is InChI=1S/C19H30N2O4S/c1-13(2)15-8-9-17(25-5)18(11-15)26(23,24)20-16-7-6-10-21(12-16)19(22)14(3)4/h8-9,11,13-14,16,20H,6-7,10,12H2,1-5H3. The topological polar surface area (TPSA) is 75.7 Å². The third-order valence-electron chi connectivity index (χ3n) is 4.69. The fourth-order valence-corrected chi connectivity index (χ4v) is 4.65. The van der Waals surface area contributed by atoms with E-state index in [1.807, 2.05) is 33.8 Å². The third-order valence-corrected chi connectivity index (χ3v) is 6.23. The smallest absolute Gasteiger partial charge is 0.244 e. The molecule has 1 saturated heterocycles. The molecule has 146 valence electrons. The Morgan fingerprint density at radius 2 is 1.96 bits per heavy atom. The van der Waals surface area contributed by atoms with Crippen molar-refractivity contribution in [2.45, 2.75) is 57.4 Å². The molecule has 1 heterocycles. The number of sulfonamides is 1. The zero-order valence-corrected chi connectivity index (χ0v) is 17.1. The van der Waals surface area contributed by atoms with Crippen LogP contribution in [0.1, 0.15) is 52.0 Å². The quantitative estimate of drug-likeness (QED) is 0.821. The number of methoxy groups -OCH3 is 1. The molecule has 0 radical (unpaired) electrons. The largest absolute Gasteiger partial charge is 0.495 e. The molecule has 1 unspecified atom stereocenters. The summed E-state index contributed by atoms with van der Waals surface area (Å²) < 4.78 is 34.0. The normalized spacial score (nSPS) is 18.4. The van der Waals surface area contributed by atoms with E-state index in [0.717, 1.165) is 12.0 Å². The van der Waals surface area contributed by atoms with E-state index in [4.69, 9.17) is 4.74 Å². The fraction of sp³-hybridized carbons (Fsp3) is 0.632. The van der Waals surface area contributed by atoms with E-state index in [1.54, 1.807) is 17.0 Å². The van der Waals surface area contributed by atoms with Crippen LogP contribution in [0.5, 0.6) is 5.75 Å². The molecule has 0 spiro atoms. The van der Waals surface area contributed by atoms with Gasteiger partial charge in [0.05, 0.1) is 7.11 Å². The summed E-state index contributed by atoms with van der Waals surface area (Å²) in [6.07, 6.45) is 1.50. The minimum Gasteiger partial charge on any atom is -0.495 e. The molecule has 1 N–H and O–H groups in total. The summed E-state index contributed by atoms with van der Waals surface area (Å²) in [6, 6.07) is 4.96. The van der Waals surface area contributed by atoms with Gasteiger partial charge in [0.15, 0.2) is 0 Å². The lowest BCUT2D eigenvalue weighted by atomic mass is 10.0. The van der Waals surface area contributed by atoms with Gasteiger partial charge in [0.25, 0.3) is 0 Å². The van der Waals surface area contributed by atoms with Crippen molar-refractivity contribution in [2.24, 2.45) is 5.92 Å². The van der Waals surface area contributed by atoms with Crippen molar-refractivity contribution >= 4 is 15.9 Å². The van der Waals surface area contributed by atoms with Crippen LogP contribution >= 0.6 is 0 Å². The fourth-order valence-electron chi connectivity index (χ4n) is 3.18. The number of hydrogen-bond acceptors (Lipinski definition) is 4. The third kappa shape index (κ3) is 4.76. The van der Waals surface area contributed by atoms with Gasteiger partial charge in [0, 0.05) is 25.0 Å². The number of hydrogen-bond donors (Lipinski definition) is 1. The molecule has 1 aromatic carbocycles. The predicted octanol–water partition coefficient (Wildman–Crippen LogP) is 2.74. The summed E-state index contributed by atoms with van der Waals surface area (Å²) in [6.45, 7) is 8.84. The predicted molar refractivity (Wildman–Crippen MR) is 102 cm³/mol. The average molecular weight is 383 g/mol. The Morgan fingerprint density at radius 3 is 2.54 bits per heavy atom. The second kappa shape index (κ2) is 8.39. The summed E-state index contributed by atoms with van der Waals surface area (Å²) in [5, 5.41) is 0. The molecule has 1 aliphatic heterocycles. The highest BCUT2D eigenvalue weighted by atomic mass is 32.2. The highest BCUT2D eigenvalue weighted by molar-refractivity contribution is 7.89. The molecule has 0 bridgehead atoms. The van der Waals surface area contributed by atoms with E-state index >= 15 is 0 Å². The van der Waals surface area contributed by atoms with Gasteiger partial charge in [0.1, 0.15) is 10.6 Å². The van der Waals surface area contributed by atoms with Gasteiger partial charge in [-0.05, 0) is 36.5 Å². The molecule has 2 rings (SSSR count). The zero-order valence-electron chi connectivity index (χ0n) is 16.3. The van der Waals surface area contributed by atoms with E-state index in [9.17, 15) is 13.2 Å². The van der Waals surface area contributed by atoms with Crippen LogP contribution in [-0.2, 0) is 14.8 Å². The molecule has 6 nitrogen and oxygen atoms in total. The number of ether oxygens (including phenoxy) is 1. The molecule has 1 atom stereocenters. The molecule has 1 aliphatic rings. The molecule has 7 heteroatoms. The van der Waals surface area contributed by atoms with Crippen LogP contribution in [0.4, 0.5) is 0 Å². The van der Waals surface area contributed by atoms with Crippen molar-refractivity contribution in [2.75, 3.05) is 20.2 Å². The minimum atomic E-state index is -3.74. The van der Waals surface area contributed by atoms with Crippen LogP contribution in [0.15, 0.2) is 23.1 Å². The number of nitrogens with zero attached hydrogens (tertiary/aromatic N) is 1. The summed E-state index contributed by atoms with van der Waals surface area (Å²) in [7, 11) is -2.28. The van der Waals surface area contributed by atoms with E-state index in [-0.39, 0.29) is 28.7 Å². The SMILES string of the molecule is COc1ccc(C(C)C)cc1S(=O)(=O)NC1CCCN(C(=O)C(C)C)C1. The van der Waals surface area contributed by atoms with E-state index in [2.05, 4.69) is 4.72 Å². The lowest BCUT2D eigenvalue weighted by molar-refractivity contribution is -0.135. The highest BCUT2D eigenvalue weighted by Gasteiger charge is 2.30. The maximum atomic E-state index is 13.0. The van der Waals surface area contributed by atoms with Gasteiger partial charge >= 0.3 is 0 Å². The van der Waals surface area contributed by atoms with Gasteiger partial charge in [-0.2, -0.15) is 0 Å². The van der Waals surface area contributed by atoms with Gasteiger partial charge in [0.2, 0.25) is 15.9 Å². The minimum absolute atomic E-state index is 0.0632. The highest BCUT2D eigenvalue weighted by Crippen LogP contribution is 2.28. The van der Waals surface area contributed by atoms with Gasteiger partial charge in [-0.3, -0.25) is 4.79 Å². The summed E-state index contributed by atoms with van der Waals surface area (Å²) in [5.74, 6) is 0.512. The van der Waals surface area contributed by atoms with Crippen LogP contribution in [0.25, 0.3) is 0 Å². The number of carbonyl (C=O) groups is 1. The summed E-state index contributed by atoms with van der Waals surface area (Å²) in [5.41, 5.74) is 0.937. The van der Waals surface area contributed by atoms with Crippen molar-refractivity contribution < 1.29 is 17.9 Å². The molecule has 1 amide bonds. The van der Waals surface area contributed by atoms with Crippen molar-refractivity contribution in [3.8, 4) is 5.75 Å². The Hall–Kier alpha value is -1.60. The Morgan fingerprint density at radius 1 is 1.27 bits per heavy atom. The molecular formula is C19H30N2O4S. The molecular weight excluding hydrogens is 352 g/mol. The first-order valence-electron chi connectivity index (χ1n) is 9.14. The van der Waals surface area contributed by atoms with Crippen LogP contribution in [0.2, 0.25) is 0 Å². The summed E-state index contributed by atoms with van der Waals surface area (Å²) in [4.78, 5) is 14.1. The lowest BCUT2D eigenvalue weighted by Crippen LogP contribution is -2.50. The first-order valence-corrected chi connectivity index (χ1v) is 10.6. The zero-order chi connectivity index (χ0) is 19.5. The monoisotopic (exact) mass is 382 g/mol. The number of carbonyl (C=O) groups excluding carboxylic acids is 1. The lowest BCUT2D eigenvalue weighted by Gasteiger charge is -2.34. The average Bonchev–Trinajstić information content (AvgIpc) is 2.60. The van der Waals surface area contributed by atoms with E-state index in [1.165, 1.54) is 7.11 Å². The second-order valence-corrected chi connectivity index (χ2v) is 9.15. The van der Waals surface area contributed by atoms with Crippen molar-refractivity contribution in [3.63, 3.8) is 0 Å². The first kappa shape index (κ1) is 20.7. The van der Waals surface area contributed by atoms with Crippen molar-refractivity contribution in [3.05, 3.63) is 23.8 Å². The molecule has 0 saturated carbocycles. The maximum Gasteiger partial charge on any atom is 0.244 e. The Kier molecular flexibility index (Phi) is 6.69. The van der Waals surface area contributed by atoms with Gasteiger partial charge in [-0.1, -0.05) is 33.8 Å². The van der Waals surface area contributed by atoms with Crippen LogP contribution in [-0.4, -0.2) is 45.5 Å². The first-order chi connectivity index (χ1) is 12.2. The van der Waals surface area contributed by atoms with Gasteiger partial charge < -0.3 is 9.64 Å². The Balaban J connectivity index is 2.23. The molecule has 0 aromatic heterocycles. The molecule has 0 aliphatic carbocycles. The number of benzene rings is 1. The van der Waals surface area contributed by atoms with Crippen molar-refractivity contribution in [1.29, 1.82) is 0 Å². The number of amides is 1. The van der Waals surface area contributed by atoms with Crippen LogP contribution in [0, 0.1) is 5.92 Å². The van der Waals surface area contributed by atoms with E-state index < -0.39 is 10.0 Å². The molecule has 26 heavy (non-hydrogen) atoms. The van der Waals surface area contributed by atoms with Gasteiger partial charge in [-0.15, -0.1) is 0 Å². The van der Waals surface area contributed by atoms with Crippen LogP contribution < -0.4 is 9.46 Å². The van der Waals surface area contributed by atoms with Crippen molar-refractivity contribution in [1.82, 2.24) is 9.62 Å². The van der Waals surface area contributed by atoms with Gasteiger partial charge in [-0.25, -0.2) is 13.1 Å². The maximum absolute atomic E-state index is 13.0. The van der Waals surface area contributed by atoms with E-state index in [0.29, 0.717) is 25.3 Å². The second-order valence-electron chi connectivity index (χ2n) is 7.46. The molecule has 1 fully saturated rings. The Labute approximate surface area is 157 Å². The number of piperidine rings is 1. The number of nitrogens with one attached hydrogen (secondary N) is 1. The Bertz CT molecular complexity index is 744. The number of likely N-dealkylation sites (tertiary alicyclic amines) is 1. The number of rotatable bonds is 6. The molecule has 1 aromatic rings. The summed E-state index contributed by atoms with van der Waals surface area (Å²) >= 11 is 0. The van der Waals surface area contributed by atoms with Crippen LogP contribution in [0.3, 0.4) is 0 Å².